The predicted octanol–water partition coefficient (Wildman–Crippen LogP) is 4.12. The topological polar surface area (TPSA) is 122 Å². The molecule has 0 spiro atoms. The fourth-order valence-corrected chi connectivity index (χ4v) is 4.76. The third kappa shape index (κ3) is 4.03. The van der Waals surface area contributed by atoms with E-state index >= 15 is 0 Å². The largest absolute Gasteiger partial charge is 0.383 e. The molecule has 9 heteroatoms. The standard InChI is InChI=1S/C25H29FN8/c1-13-4-5-17(26)9-21(13)31-25(28)20-11-29-34-12-16(23-14(2)32-33-15(23)3)8-22(34)24(20)30-19-7-6-18(27)10-19/h4-5,8-9,11-12,18-19,30H,6-7,10,27H2,1-3H3,(H2,28,31)(H,32,33)/t18-,19+/m0/s1. The SMILES string of the molecule is Cc1ccc(F)cc1N=C(N)c1cnn2cc(-c3c(C)n[nH]c3C)cc2c1N[C@@H]1CC[C@H](N)C1. The number of halogens is 1. The first kappa shape index (κ1) is 22.1. The van der Waals surface area contributed by atoms with E-state index in [9.17, 15) is 4.39 Å². The number of aryl methyl sites for hydroxylation is 3. The summed E-state index contributed by atoms with van der Waals surface area (Å²) in [5.41, 5.74) is 20.4. The number of hydrogen-bond donors (Lipinski definition) is 4. The van der Waals surface area contributed by atoms with Crippen molar-refractivity contribution in [2.45, 2.75) is 52.1 Å². The van der Waals surface area contributed by atoms with Crippen LogP contribution >= 0.6 is 0 Å². The van der Waals surface area contributed by atoms with E-state index in [-0.39, 0.29) is 23.7 Å². The number of aromatic amines is 1. The Balaban J connectivity index is 1.65. The van der Waals surface area contributed by atoms with Crippen molar-refractivity contribution in [1.82, 2.24) is 19.8 Å². The van der Waals surface area contributed by atoms with Crippen LogP contribution in [0.2, 0.25) is 0 Å². The molecule has 0 amide bonds. The minimum absolute atomic E-state index is 0.179. The van der Waals surface area contributed by atoms with Crippen LogP contribution in [0.4, 0.5) is 15.8 Å². The molecular formula is C25H29FN8. The molecule has 4 aromatic rings. The Kier molecular flexibility index (Phi) is 5.57. The van der Waals surface area contributed by atoms with Crippen molar-refractivity contribution in [3.05, 3.63) is 65.0 Å². The summed E-state index contributed by atoms with van der Waals surface area (Å²) in [6.07, 6.45) is 6.51. The lowest BCUT2D eigenvalue weighted by Gasteiger charge is -2.18. The van der Waals surface area contributed by atoms with Gasteiger partial charge in [0.2, 0.25) is 0 Å². The smallest absolute Gasteiger partial charge is 0.135 e. The van der Waals surface area contributed by atoms with E-state index in [1.807, 2.05) is 31.5 Å². The van der Waals surface area contributed by atoms with E-state index in [0.29, 0.717) is 11.3 Å². The third-order valence-corrected chi connectivity index (χ3v) is 6.56. The van der Waals surface area contributed by atoms with Crippen LogP contribution in [0.1, 0.15) is 41.8 Å². The molecular weight excluding hydrogens is 431 g/mol. The van der Waals surface area contributed by atoms with Crippen molar-refractivity contribution in [2.75, 3.05) is 5.32 Å². The van der Waals surface area contributed by atoms with Crippen molar-refractivity contribution in [2.24, 2.45) is 16.5 Å². The summed E-state index contributed by atoms with van der Waals surface area (Å²) >= 11 is 0. The molecule has 1 aliphatic rings. The number of nitrogens with two attached hydrogens (primary N) is 2. The Bertz CT molecular complexity index is 1380. The van der Waals surface area contributed by atoms with Crippen LogP contribution in [0, 0.1) is 26.6 Å². The molecule has 6 N–H and O–H groups in total. The highest BCUT2D eigenvalue weighted by atomic mass is 19.1. The second-order valence-electron chi connectivity index (χ2n) is 9.14. The summed E-state index contributed by atoms with van der Waals surface area (Å²) in [6, 6.07) is 6.97. The van der Waals surface area contributed by atoms with Gasteiger partial charge in [-0.25, -0.2) is 13.9 Å². The quantitative estimate of drug-likeness (QED) is 0.264. The number of H-pyrrole nitrogens is 1. The summed E-state index contributed by atoms with van der Waals surface area (Å²) in [4.78, 5) is 4.56. The Labute approximate surface area is 197 Å². The molecule has 5 rings (SSSR count). The minimum Gasteiger partial charge on any atom is -0.383 e. The molecule has 0 bridgehead atoms. The molecule has 0 saturated heterocycles. The third-order valence-electron chi connectivity index (χ3n) is 6.56. The molecule has 1 saturated carbocycles. The molecule has 176 valence electrons. The summed E-state index contributed by atoms with van der Waals surface area (Å²) in [6.45, 7) is 5.85. The summed E-state index contributed by atoms with van der Waals surface area (Å²) in [5, 5.41) is 15.7. The highest BCUT2D eigenvalue weighted by molar-refractivity contribution is 6.06. The zero-order chi connectivity index (χ0) is 24.0. The summed E-state index contributed by atoms with van der Waals surface area (Å²) in [5.74, 6) is -0.0852. The van der Waals surface area contributed by atoms with E-state index in [4.69, 9.17) is 11.5 Å². The first-order valence-electron chi connectivity index (χ1n) is 11.5. The molecule has 0 radical (unpaired) electrons. The molecule has 1 fully saturated rings. The van der Waals surface area contributed by atoms with Crippen LogP contribution in [-0.4, -0.2) is 37.7 Å². The number of anilines is 1. The summed E-state index contributed by atoms with van der Waals surface area (Å²) in [7, 11) is 0. The van der Waals surface area contributed by atoms with E-state index in [1.165, 1.54) is 12.1 Å². The highest BCUT2D eigenvalue weighted by Crippen LogP contribution is 2.33. The van der Waals surface area contributed by atoms with Gasteiger partial charge >= 0.3 is 0 Å². The number of aliphatic imine (C=N–C) groups is 1. The first-order chi connectivity index (χ1) is 16.3. The Hall–Kier alpha value is -3.72. The van der Waals surface area contributed by atoms with E-state index in [2.05, 4.69) is 31.7 Å². The lowest BCUT2D eigenvalue weighted by atomic mass is 10.1. The fraction of sp³-hybridized carbons (Fsp3) is 0.320. The van der Waals surface area contributed by atoms with Crippen LogP contribution < -0.4 is 16.8 Å². The highest BCUT2D eigenvalue weighted by Gasteiger charge is 2.25. The average molecular weight is 461 g/mol. The number of amidine groups is 1. The number of nitrogens with zero attached hydrogens (tertiary/aromatic N) is 4. The zero-order valence-electron chi connectivity index (χ0n) is 19.6. The normalized spacial score (nSPS) is 18.7. The number of aromatic nitrogens is 4. The van der Waals surface area contributed by atoms with Gasteiger partial charge in [0, 0.05) is 35.1 Å². The Morgan fingerprint density at radius 2 is 2.06 bits per heavy atom. The van der Waals surface area contributed by atoms with Crippen LogP contribution in [0.5, 0.6) is 0 Å². The Morgan fingerprint density at radius 3 is 2.76 bits per heavy atom. The van der Waals surface area contributed by atoms with Crippen LogP contribution in [0.3, 0.4) is 0 Å². The molecule has 3 heterocycles. The van der Waals surface area contributed by atoms with Gasteiger partial charge in [-0.3, -0.25) is 5.10 Å². The van der Waals surface area contributed by atoms with Gasteiger partial charge in [-0.1, -0.05) is 6.07 Å². The lowest BCUT2D eigenvalue weighted by Crippen LogP contribution is -2.24. The van der Waals surface area contributed by atoms with Gasteiger partial charge in [0.15, 0.2) is 0 Å². The lowest BCUT2D eigenvalue weighted by molar-refractivity contribution is 0.628. The van der Waals surface area contributed by atoms with Gasteiger partial charge in [-0.2, -0.15) is 10.2 Å². The average Bonchev–Trinajstić information content (AvgIpc) is 3.49. The van der Waals surface area contributed by atoms with Crippen LogP contribution in [-0.2, 0) is 0 Å². The van der Waals surface area contributed by atoms with Gasteiger partial charge < -0.3 is 16.8 Å². The number of fused-ring (bicyclic) bond motifs is 1. The molecule has 8 nitrogen and oxygen atoms in total. The van der Waals surface area contributed by atoms with Crippen LogP contribution in [0.25, 0.3) is 16.6 Å². The number of benzene rings is 1. The maximum absolute atomic E-state index is 13.8. The van der Waals surface area contributed by atoms with Gasteiger partial charge in [-0.05, 0) is 63.8 Å². The Morgan fingerprint density at radius 1 is 1.24 bits per heavy atom. The van der Waals surface area contributed by atoms with Crippen molar-refractivity contribution in [1.29, 1.82) is 0 Å². The molecule has 1 aliphatic carbocycles. The van der Waals surface area contributed by atoms with E-state index in [1.54, 1.807) is 12.3 Å². The van der Waals surface area contributed by atoms with Crippen molar-refractivity contribution < 1.29 is 4.39 Å². The fourth-order valence-electron chi connectivity index (χ4n) is 4.76. The van der Waals surface area contributed by atoms with Crippen molar-refractivity contribution in [3.8, 4) is 11.1 Å². The molecule has 2 atom stereocenters. The van der Waals surface area contributed by atoms with Crippen molar-refractivity contribution >= 4 is 22.7 Å². The monoisotopic (exact) mass is 460 g/mol. The number of rotatable bonds is 5. The van der Waals surface area contributed by atoms with Gasteiger partial charge in [0.1, 0.15) is 11.7 Å². The molecule has 0 aliphatic heterocycles. The van der Waals surface area contributed by atoms with Crippen LogP contribution in [0.15, 0.2) is 41.7 Å². The minimum atomic E-state index is -0.355. The second-order valence-corrected chi connectivity index (χ2v) is 9.14. The van der Waals surface area contributed by atoms with Gasteiger partial charge in [0.25, 0.3) is 0 Å². The first-order valence-corrected chi connectivity index (χ1v) is 11.5. The maximum Gasteiger partial charge on any atom is 0.135 e. The second kappa shape index (κ2) is 8.57. The van der Waals surface area contributed by atoms with E-state index in [0.717, 1.165) is 58.5 Å². The van der Waals surface area contributed by atoms with Gasteiger partial charge in [0.05, 0.1) is 34.3 Å². The van der Waals surface area contributed by atoms with Gasteiger partial charge in [-0.15, -0.1) is 0 Å². The number of hydrogen-bond acceptors (Lipinski definition) is 5. The molecule has 3 aromatic heterocycles. The van der Waals surface area contributed by atoms with Crippen molar-refractivity contribution in [3.63, 3.8) is 0 Å². The predicted molar refractivity (Wildman–Crippen MR) is 133 cm³/mol. The molecule has 34 heavy (non-hydrogen) atoms. The number of nitrogens with one attached hydrogen (secondary N) is 2. The maximum atomic E-state index is 13.8. The molecule has 1 aromatic carbocycles. The zero-order valence-corrected chi connectivity index (χ0v) is 19.6. The molecule has 0 unspecified atom stereocenters. The summed E-state index contributed by atoms with van der Waals surface area (Å²) < 4.78 is 15.7. The van der Waals surface area contributed by atoms with E-state index < -0.39 is 0 Å².